The molecule has 0 aliphatic carbocycles. The van der Waals surface area contributed by atoms with Crippen LogP contribution < -0.4 is 13.6 Å². The summed E-state index contributed by atoms with van der Waals surface area (Å²) in [6.07, 6.45) is 0. The van der Waals surface area contributed by atoms with Crippen LogP contribution in [0.2, 0.25) is 0 Å². The van der Waals surface area contributed by atoms with Crippen LogP contribution in [0.4, 0.5) is 0 Å². The molecule has 5 nitrogen and oxygen atoms in total. The van der Waals surface area contributed by atoms with Gasteiger partial charge < -0.3 is 8.92 Å². The molecule has 6 heteroatoms. The van der Waals surface area contributed by atoms with Gasteiger partial charge in [0.05, 0.1) is 6.04 Å². The van der Waals surface area contributed by atoms with Crippen molar-refractivity contribution in [3.8, 4) is 28.4 Å². The minimum absolute atomic E-state index is 0.320. The molecular formula is C20H17NO4S. The molecular weight excluding hydrogens is 350 g/mol. The Hall–Kier alpha value is -2.83. The largest absolute Gasteiger partial charge is 0.457 e. The Balaban J connectivity index is 1.60. The summed E-state index contributed by atoms with van der Waals surface area (Å²) in [7, 11) is -3.76. The second-order valence-electron chi connectivity index (χ2n) is 6.07. The Morgan fingerprint density at radius 2 is 1.54 bits per heavy atom. The fraction of sp³-hybridized carbons (Fsp3) is 0.100. The summed E-state index contributed by atoms with van der Waals surface area (Å²) in [6.45, 7) is 1.79. The zero-order chi connectivity index (χ0) is 18.1. The molecule has 3 aromatic carbocycles. The van der Waals surface area contributed by atoms with Gasteiger partial charge in [-0.2, -0.15) is 13.1 Å². The standard InChI is InChI=1S/C20H17NO4S/c1-14-19-12-9-16(13-20(19)25-26(22,23)21-14)15-7-10-18(11-8-15)24-17-5-3-2-4-6-17/h2-14,21H,1H3. The Morgan fingerprint density at radius 1 is 0.885 bits per heavy atom. The third-order valence-corrected chi connectivity index (χ3v) is 5.21. The van der Waals surface area contributed by atoms with Crippen molar-refractivity contribution in [1.29, 1.82) is 0 Å². The van der Waals surface area contributed by atoms with Crippen molar-refractivity contribution in [1.82, 2.24) is 4.72 Å². The van der Waals surface area contributed by atoms with Gasteiger partial charge in [-0.05, 0) is 48.4 Å². The van der Waals surface area contributed by atoms with Crippen LogP contribution in [0.15, 0.2) is 72.8 Å². The van der Waals surface area contributed by atoms with Crippen molar-refractivity contribution in [3.05, 3.63) is 78.4 Å². The predicted molar refractivity (Wildman–Crippen MR) is 99.5 cm³/mol. The molecule has 26 heavy (non-hydrogen) atoms. The van der Waals surface area contributed by atoms with Crippen molar-refractivity contribution in [3.63, 3.8) is 0 Å². The molecule has 0 radical (unpaired) electrons. The molecule has 0 amide bonds. The van der Waals surface area contributed by atoms with Crippen LogP contribution in [-0.4, -0.2) is 8.42 Å². The molecule has 0 aromatic heterocycles. The van der Waals surface area contributed by atoms with Gasteiger partial charge >= 0.3 is 10.3 Å². The fourth-order valence-electron chi connectivity index (χ4n) is 2.91. The highest BCUT2D eigenvalue weighted by Gasteiger charge is 2.27. The lowest BCUT2D eigenvalue weighted by atomic mass is 10.0. The lowest BCUT2D eigenvalue weighted by Crippen LogP contribution is -2.35. The van der Waals surface area contributed by atoms with Crippen LogP contribution in [-0.2, 0) is 10.3 Å². The molecule has 3 aromatic rings. The van der Waals surface area contributed by atoms with E-state index in [-0.39, 0.29) is 6.04 Å². The second-order valence-corrected chi connectivity index (χ2v) is 7.38. The average molecular weight is 367 g/mol. The molecule has 0 bridgehead atoms. The topological polar surface area (TPSA) is 64.6 Å². The van der Waals surface area contributed by atoms with Crippen molar-refractivity contribution >= 4 is 10.3 Å². The van der Waals surface area contributed by atoms with Gasteiger partial charge in [0.25, 0.3) is 0 Å². The monoisotopic (exact) mass is 367 g/mol. The molecule has 1 atom stereocenters. The first-order valence-corrected chi connectivity index (χ1v) is 9.60. The van der Waals surface area contributed by atoms with E-state index in [0.29, 0.717) is 5.75 Å². The number of rotatable bonds is 3. The Labute approximate surface area is 152 Å². The minimum Gasteiger partial charge on any atom is -0.457 e. The summed E-state index contributed by atoms with van der Waals surface area (Å²) in [5, 5.41) is 0. The third-order valence-electron chi connectivity index (χ3n) is 4.17. The van der Waals surface area contributed by atoms with E-state index < -0.39 is 10.3 Å². The maximum Gasteiger partial charge on any atom is 0.383 e. The summed E-state index contributed by atoms with van der Waals surface area (Å²) in [5.41, 5.74) is 2.63. The second kappa shape index (κ2) is 6.48. The molecule has 1 heterocycles. The first-order chi connectivity index (χ1) is 12.5. The first kappa shape index (κ1) is 16.6. The van der Waals surface area contributed by atoms with E-state index in [1.807, 2.05) is 66.7 Å². The van der Waals surface area contributed by atoms with Gasteiger partial charge in [-0.1, -0.05) is 42.5 Å². The number of nitrogens with one attached hydrogen (secondary N) is 1. The lowest BCUT2D eigenvalue weighted by molar-refractivity contribution is 0.436. The van der Waals surface area contributed by atoms with E-state index in [1.165, 1.54) is 0 Å². The SMILES string of the molecule is CC1NS(=O)(=O)Oc2cc(-c3ccc(Oc4ccccc4)cc3)ccc21. The maximum atomic E-state index is 11.7. The summed E-state index contributed by atoms with van der Waals surface area (Å²) in [4.78, 5) is 0. The Bertz CT molecular complexity index is 1030. The lowest BCUT2D eigenvalue weighted by Gasteiger charge is -2.24. The predicted octanol–water partition coefficient (Wildman–Crippen LogP) is 4.43. The average Bonchev–Trinajstić information content (AvgIpc) is 2.62. The molecule has 0 spiro atoms. The van der Waals surface area contributed by atoms with E-state index in [1.54, 1.807) is 13.0 Å². The van der Waals surface area contributed by atoms with Crippen molar-refractivity contribution in [2.45, 2.75) is 13.0 Å². The smallest absolute Gasteiger partial charge is 0.383 e. The quantitative estimate of drug-likeness (QED) is 0.744. The highest BCUT2D eigenvalue weighted by Crippen LogP contribution is 2.35. The van der Waals surface area contributed by atoms with E-state index in [0.717, 1.165) is 28.2 Å². The summed E-state index contributed by atoms with van der Waals surface area (Å²) >= 11 is 0. The summed E-state index contributed by atoms with van der Waals surface area (Å²) in [5.74, 6) is 1.86. The van der Waals surface area contributed by atoms with Crippen molar-refractivity contribution < 1.29 is 17.3 Å². The molecule has 1 N–H and O–H groups in total. The maximum absolute atomic E-state index is 11.7. The van der Waals surface area contributed by atoms with Crippen LogP contribution in [0.25, 0.3) is 11.1 Å². The number of ether oxygens (including phenoxy) is 1. The molecule has 1 aliphatic heterocycles. The van der Waals surface area contributed by atoms with Crippen molar-refractivity contribution in [2.24, 2.45) is 0 Å². The number of para-hydroxylation sites is 1. The van der Waals surface area contributed by atoms with Gasteiger partial charge in [0, 0.05) is 5.56 Å². The molecule has 4 rings (SSSR count). The van der Waals surface area contributed by atoms with Crippen LogP contribution in [0.5, 0.6) is 17.2 Å². The van der Waals surface area contributed by atoms with Crippen LogP contribution in [0.1, 0.15) is 18.5 Å². The van der Waals surface area contributed by atoms with Crippen LogP contribution in [0, 0.1) is 0 Å². The molecule has 0 saturated carbocycles. The molecule has 0 saturated heterocycles. The Morgan fingerprint density at radius 3 is 2.27 bits per heavy atom. The molecule has 0 fully saturated rings. The zero-order valence-corrected chi connectivity index (χ0v) is 14.9. The highest BCUT2D eigenvalue weighted by molar-refractivity contribution is 7.85. The van der Waals surface area contributed by atoms with Crippen molar-refractivity contribution in [2.75, 3.05) is 0 Å². The van der Waals surface area contributed by atoms with Gasteiger partial charge in [0.1, 0.15) is 17.2 Å². The third kappa shape index (κ3) is 3.42. The highest BCUT2D eigenvalue weighted by atomic mass is 32.2. The van der Waals surface area contributed by atoms with E-state index in [4.69, 9.17) is 8.92 Å². The number of fused-ring (bicyclic) bond motifs is 1. The number of benzene rings is 3. The van der Waals surface area contributed by atoms with Crippen LogP contribution in [0.3, 0.4) is 0 Å². The van der Waals surface area contributed by atoms with E-state index in [2.05, 4.69) is 4.72 Å². The van der Waals surface area contributed by atoms with Gasteiger partial charge in [0.2, 0.25) is 0 Å². The normalized spacial score (nSPS) is 17.8. The van der Waals surface area contributed by atoms with Gasteiger partial charge in [-0.15, -0.1) is 0 Å². The molecule has 1 aliphatic rings. The minimum atomic E-state index is -3.76. The molecule has 1 unspecified atom stereocenters. The van der Waals surface area contributed by atoms with E-state index >= 15 is 0 Å². The zero-order valence-electron chi connectivity index (χ0n) is 14.0. The van der Waals surface area contributed by atoms with Gasteiger partial charge in [0.15, 0.2) is 0 Å². The van der Waals surface area contributed by atoms with Gasteiger partial charge in [-0.3, -0.25) is 0 Å². The number of hydrogen-bond donors (Lipinski definition) is 1. The summed E-state index contributed by atoms with van der Waals surface area (Å²) < 4.78 is 36.8. The van der Waals surface area contributed by atoms with E-state index in [9.17, 15) is 8.42 Å². The van der Waals surface area contributed by atoms with Gasteiger partial charge in [-0.25, -0.2) is 0 Å². The first-order valence-electron chi connectivity index (χ1n) is 8.19. The number of hydrogen-bond acceptors (Lipinski definition) is 4. The van der Waals surface area contributed by atoms with Crippen LogP contribution >= 0.6 is 0 Å². The summed E-state index contributed by atoms with van der Waals surface area (Å²) in [6, 6.07) is 22.4. The molecule has 132 valence electrons. The fourth-order valence-corrected chi connectivity index (χ4v) is 3.89. The Kier molecular flexibility index (Phi) is 4.14.